The van der Waals surface area contributed by atoms with Crippen molar-refractivity contribution in [3.63, 3.8) is 0 Å². The molecule has 1 aliphatic rings. The summed E-state index contributed by atoms with van der Waals surface area (Å²) < 4.78 is 0. The lowest BCUT2D eigenvalue weighted by atomic mass is 9.81. The van der Waals surface area contributed by atoms with Gasteiger partial charge in [0.25, 0.3) is 0 Å². The van der Waals surface area contributed by atoms with Crippen molar-refractivity contribution in [2.45, 2.75) is 53.0 Å². The van der Waals surface area contributed by atoms with Gasteiger partial charge in [-0.15, -0.1) is 0 Å². The monoisotopic (exact) mass is 256 g/mol. The minimum absolute atomic E-state index is 0.311. The minimum Gasteiger partial charge on any atom is -0.395 e. The van der Waals surface area contributed by atoms with Crippen LogP contribution < -0.4 is 5.32 Å². The van der Waals surface area contributed by atoms with Crippen LogP contribution in [0, 0.1) is 11.3 Å². The average molecular weight is 256 g/mol. The van der Waals surface area contributed by atoms with E-state index in [1.807, 2.05) is 0 Å². The van der Waals surface area contributed by atoms with E-state index in [9.17, 15) is 5.11 Å². The van der Waals surface area contributed by atoms with Crippen molar-refractivity contribution < 1.29 is 5.11 Å². The first-order valence-electron chi connectivity index (χ1n) is 7.68. The number of aliphatic hydroxyl groups is 1. The molecule has 1 aliphatic heterocycles. The Bertz CT molecular complexity index is 229. The lowest BCUT2D eigenvalue weighted by molar-refractivity contribution is 0.0831. The second kappa shape index (κ2) is 7.46. The first-order chi connectivity index (χ1) is 8.62. The quantitative estimate of drug-likeness (QED) is 0.698. The molecule has 0 aliphatic carbocycles. The molecule has 1 rings (SSSR count). The van der Waals surface area contributed by atoms with Crippen LogP contribution in [-0.4, -0.2) is 48.8 Å². The summed E-state index contributed by atoms with van der Waals surface area (Å²) in [4.78, 5) is 2.52. The van der Waals surface area contributed by atoms with Crippen molar-refractivity contribution >= 4 is 0 Å². The van der Waals surface area contributed by atoms with Gasteiger partial charge in [-0.25, -0.2) is 0 Å². The molecule has 18 heavy (non-hydrogen) atoms. The molecule has 1 fully saturated rings. The van der Waals surface area contributed by atoms with E-state index in [0.717, 1.165) is 26.2 Å². The normalized spacial score (nSPS) is 25.8. The molecule has 2 atom stereocenters. The van der Waals surface area contributed by atoms with Crippen LogP contribution in [0.4, 0.5) is 0 Å². The van der Waals surface area contributed by atoms with Gasteiger partial charge in [-0.1, -0.05) is 27.7 Å². The maximum Gasteiger partial charge on any atom is 0.0589 e. The Kier molecular flexibility index (Phi) is 6.61. The Morgan fingerprint density at radius 3 is 2.44 bits per heavy atom. The maximum absolute atomic E-state index is 9.57. The summed E-state index contributed by atoms with van der Waals surface area (Å²) in [6, 6.07) is 0.379. The third-order valence-electron chi connectivity index (χ3n) is 4.97. The van der Waals surface area contributed by atoms with Crippen molar-refractivity contribution in [3.8, 4) is 0 Å². The largest absolute Gasteiger partial charge is 0.395 e. The highest BCUT2D eigenvalue weighted by Gasteiger charge is 2.36. The molecule has 1 saturated heterocycles. The lowest BCUT2D eigenvalue weighted by Gasteiger charge is -2.38. The number of aliphatic hydroxyl groups excluding tert-OH is 1. The maximum atomic E-state index is 9.57. The van der Waals surface area contributed by atoms with Crippen LogP contribution in [0.15, 0.2) is 0 Å². The van der Waals surface area contributed by atoms with Crippen LogP contribution in [0.25, 0.3) is 0 Å². The fraction of sp³-hybridized carbons (Fsp3) is 1.00. The van der Waals surface area contributed by atoms with Crippen molar-refractivity contribution in [3.05, 3.63) is 0 Å². The van der Waals surface area contributed by atoms with E-state index in [0.29, 0.717) is 24.0 Å². The van der Waals surface area contributed by atoms with Crippen molar-refractivity contribution in [2.24, 2.45) is 11.3 Å². The number of nitrogens with zero attached hydrogens (tertiary/aromatic N) is 1. The molecule has 0 bridgehead atoms. The fourth-order valence-electron chi connectivity index (χ4n) is 3.18. The van der Waals surface area contributed by atoms with Gasteiger partial charge >= 0.3 is 0 Å². The first kappa shape index (κ1) is 15.9. The minimum atomic E-state index is 0.311. The van der Waals surface area contributed by atoms with Crippen LogP contribution in [0.2, 0.25) is 0 Å². The van der Waals surface area contributed by atoms with Crippen LogP contribution >= 0.6 is 0 Å². The summed E-state index contributed by atoms with van der Waals surface area (Å²) in [5.41, 5.74) is 0.369. The zero-order chi connectivity index (χ0) is 13.6. The van der Waals surface area contributed by atoms with Gasteiger partial charge < -0.3 is 10.4 Å². The number of rotatable bonds is 8. The van der Waals surface area contributed by atoms with Crippen LogP contribution in [0.1, 0.15) is 47.0 Å². The van der Waals surface area contributed by atoms with E-state index in [2.05, 4.69) is 37.9 Å². The summed E-state index contributed by atoms with van der Waals surface area (Å²) in [7, 11) is 0. The Morgan fingerprint density at radius 2 is 1.94 bits per heavy atom. The van der Waals surface area contributed by atoms with E-state index in [-0.39, 0.29) is 0 Å². The Balaban J connectivity index is 2.65. The second-order valence-corrected chi connectivity index (χ2v) is 5.97. The predicted octanol–water partition coefficient (Wildman–Crippen LogP) is 2.11. The highest BCUT2D eigenvalue weighted by molar-refractivity contribution is 4.90. The Labute approximate surface area is 113 Å². The van der Waals surface area contributed by atoms with Gasteiger partial charge in [-0.05, 0) is 43.7 Å². The molecule has 0 saturated carbocycles. The SMILES string of the molecule is CCNCC(CC)(CC)CN1CCC(C)C1CO. The van der Waals surface area contributed by atoms with E-state index in [1.54, 1.807) is 0 Å². The average Bonchev–Trinajstić information content (AvgIpc) is 2.74. The van der Waals surface area contributed by atoms with E-state index >= 15 is 0 Å². The first-order valence-corrected chi connectivity index (χ1v) is 7.68. The summed E-state index contributed by atoms with van der Waals surface area (Å²) >= 11 is 0. The third kappa shape index (κ3) is 3.69. The lowest BCUT2D eigenvalue weighted by Crippen LogP contribution is -2.47. The molecule has 2 N–H and O–H groups in total. The van der Waals surface area contributed by atoms with Gasteiger partial charge in [-0.2, -0.15) is 0 Å². The summed E-state index contributed by atoms with van der Waals surface area (Å²) in [5.74, 6) is 0.639. The Hall–Kier alpha value is -0.120. The summed E-state index contributed by atoms with van der Waals surface area (Å²) in [6.45, 7) is 13.8. The zero-order valence-corrected chi connectivity index (χ0v) is 12.7. The topological polar surface area (TPSA) is 35.5 Å². The van der Waals surface area contributed by atoms with Gasteiger partial charge in [0.05, 0.1) is 6.61 Å². The molecule has 3 nitrogen and oxygen atoms in total. The number of likely N-dealkylation sites (tertiary alicyclic amines) is 1. The van der Waals surface area contributed by atoms with Crippen molar-refractivity contribution in [1.82, 2.24) is 10.2 Å². The predicted molar refractivity (Wildman–Crippen MR) is 77.8 cm³/mol. The number of hydrogen-bond donors (Lipinski definition) is 2. The molecule has 0 aromatic heterocycles. The zero-order valence-electron chi connectivity index (χ0n) is 12.7. The molecule has 0 aromatic rings. The summed E-state index contributed by atoms with van der Waals surface area (Å²) in [6.07, 6.45) is 3.65. The smallest absolute Gasteiger partial charge is 0.0589 e. The van der Waals surface area contributed by atoms with Crippen LogP contribution in [-0.2, 0) is 0 Å². The Morgan fingerprint density at radius 1 is 1.28 bits per heavy atom. The van der Waals surface area contributed by atoms with E-state index in [1.165, 1.54) is 19.3 Å². The van der Waals surface area contributed by atoms with Gasteiger partial charge in [0.15, 0.2) is 0 Å². The number of hydrogen-bond acceptors (Lipinski definition) is 3. The number of nitrogens with one attached hydrogen (secondary N) is 1. The molecule has 0 spiro atoms. The van der Waals surface area contributed by atoms with E-state index < -0.39 is 0 Å². The molecular formula is C15H32N2O. The van der Waals surface area contributed by atoms with Crippen molar-refractivity contribution in [2.75, 3.05) is 32.8 Å². The molecule has 108 valence electrons. The van der Waals surface area contributed by atoms with Gasteiger partial charge in [-0.3, -0.25) is 4.90 Å². The molecular weight excluding hydrogens is 224 g/mol. The molecule has 0 aromatic carbocycles. The molecule has 1 heterocycles. The molecule has 2 unspecified atom stereocenters. The van der Waals surface area contributed by atoms with Crippen molar-refractivity contribution in [1.29, 1.82) is 0 Å². The van der Waals surface area contributed by atoms with Crippen LogP contribution in [0.5, 0.6) is 0 Å². The van der Waals surface area contributed by atoms with Gasteiger partial charge in [0, 0.05) is 19.1 Å². The second-order valence-electron chi connectivity index (χ2n) is 5.97. The summed E-state index contributed by atoms with van der Waals surface area (Å²) in [5, 5.41) is 13.1. The molecule has 0 amide bonds. The standard InChI is InChI=1S/C15H32N2O/c1-5-15(6-2,11-16-7-3)12-17-9-8-13(4)14(17)10-18/h13-14,16,18H,5-12H2,1-4H3. The molecule has 3 heteroatoms. The third-order valence-corrected chi connectivity index (χ3v) is 4.97. The van der Waals surface area contributed by atoms with Crippen LogP contribution in [0.3, 0.4) is 0 Å². The van der Waals surface area contributed by atoms with Gasteiger partial charge in [0.2, 0.25) is 0 Å². The van der Waals surface area contributed by atoms with E-state index in [4.69, 9.17) is 0 Å². The molecule has 0 radical (unpaired) electrons. The highest BCUT2D eigenvalue weighted by Crippen LogP contribution is 2.32. The van der Waals surface area contributed by atoms with Gasteiger partial charge in [0.1, 0.15) is 0 Å². The highest BCUT2D eigenvalue weighted by atomic mass is 16.3. The fourth-order valence-corrected chi connectivity index (χ4v) is 3.18.